The van der Waals surface area contributed by atoms with E-state index in [1.807, 2.05) is 66.7 Å². The van der Waals surface area contributed by atoms with E-state index in [1.165, 1.54) is 0 Å². The largest absolute Gasteiger partial charge is 0.503 e. The predicted molar refractivity (Wildman–Crippen MR) is 115 cm³/mol. The molecular formula is C23H17BrClNO2. The minimum absolute atomic E-state index is 0.219. The van der Waals surface area contributed by atoms with Crippen LogP contribution >= 0.6 is 27.5 Å². The Morgan fingerprint density at radius 1 is 0.964 bits per heavy atom. The van der Waals surface area contributed by atoms with Gasteiger partial charge in [-0.25, -0.2) is 0 Å². The molecule has 1 heterocycles. The van der Waals surface area contributed by atoms with Crippen LogP contribution in [0.15, 0.2) is 89.1 Å². The second-order valence-electron chi connectivity index (χ2n) is 6.65. The summed E-state index contributed by atoms with van der Waals surface area (Å²) in [5.74, 6) is -0.595. The van der Waals surface area contributed by atoms with E-state index >= 15 is 0 Å². The smallest absolute Gasteiger partial charge is 0.290 e. The van der Waals surface area contributed by atoms with Gasteiger partial charge >= 0.3 is 0 Å². The molecule has 0 fully saturated rings. The molecule has 4 rings (SSSR count). The summed E-state index contributed by atoms with van der Waals surface area (Å²) >= 11 is 9.54. The molecule has 3 aromatic carbocycles. The van der Waals surface area contributed by atoms with Gasteiger partial charge in [0.1, 0.15) is 0 Å². The first-order valence-electron chi connectivity index (χ1n) is 8.84. The SMILES string of the molecule is O=C1C(O)=C(c2ccc(Cl)cc2)[C@@H](c2cccc(Br)c2)N1Cc1ccccc1. The number of halogens is 2. The first kappa shape index (κ1) is 18.8. The number of hydrogen-bond donors (Lipinski definition) is 1. The molecule has 5 heteroatoms. The van der Waals surface area contributed by atoms with Gasteiger partial charge in [0.25, 0.3) is 5.91 Å². The van der Waals surface area contributed by atoms with E-state index in [-0.39, 0.29) is 11.7 Å². The summed E-state index contributed by atoms with van der Waals surface area (Å²) < 4.78 is 0.916. The number of carbonyl (C=O) groups is 1. The molecule has 0 bridgehead atoms. The van der Waals surface area contributed by atoms with E-state index in [9.17, 15) is 9.90 Å². The quantitative estimate of drug-likeness (QED) is 0.513. The molecule has 3 nitrogen and oxygen atoms in total. The summed E-state index contributed by atoms with van der Waals surface area (Å²) in [5.41, 5.74) is 3.29. The fourth-order valence-electron chi connectivity index (χ4n) is 3.54. The maximum Gasteiger partial charge on any atom is 0.290 e. The molecule has 28 heavy (non-hydrogen) atoms. The van der Waals surface area contributed by atoms with E-state index < -0.39 is 6.04 Å². The monoisotopic (exact) mass is 453 g/mol. The molecular weight excluding hydrogens is 438 g/mol. The van der Waals surface area contributed by atoms with Gasteiger partial charge < -0.3 is 10.0 Å². The maximum atomic E-state index is 13.0. The summed E-state index contributed by atoms with van der Waals surface area (Å²) in [6.07, 6.45) is 0. The number of rotatable bonds is 4. The molecule has 0 radical (unpaired) electrons. The third-order valence-electron chi connectivity index (χ3n) is 4.82. The first-order valence-corrected chi connectivity index (χ1v) is 10.0. The van der Waals surface area contributed by atoms with Crippen molar-refractivity contribution in [3.05, 3.63) is 111 Å². The van der Waals surface area contributed by atoms with Crippen molar-refractivity contribution in [2.75, 3.05) is 0 Å². The highest BCUT2D eigenvalue weighted by molar-refractivity contribution is 9.10. The van der Waals surface area contributed by atoms with Crippen LogP contribution in [0, 0.1) is 0 Å². The molecule has 1 aliphatic heterocycles. The van der Waals surface area contributed by atoms with Crippen LogP contribution in [-0.4, -0.2) is 15.9 Å². The molecule has 0 unspecified atom stereocenters. The number of aliphatic hydroxyl groups is 1. The summed E-state index contributed by atoms with van der Waals surface area (Å²) in [6, 6.07) is 24.4. The predicted octanol–water partition coefficient (Wildman–Crippen LogP) is 6.16. The van der Waals surface area contributed by atoms with Gasteiger partial charge in [0.05, 0.1) is 6.04 Å². The third-order valence-corrected chi connectivity index (χ3v) is 5.56. The Kier molecular flexibility index (Phi) is 5.25. The van der Waals surface area contributed by atoms with Gasteiger partial charge in [0, 0.05) is 21.6 Å². The second kappa shape index (κ2) is 7.82. The number of hydrogen-bond acceptors (Lipinski definition) is 2. The average molecular weight is 455 g/mol. The molecule has 0 saturated heterocycles. The summed E-state index contributed by atoms with van der Waals surface area (Å²) in [7, 11) is 0. The zero-order valence-corrected chi connectivity index (χ0v) is 17.2. The molecule has 1 aliphatic rings. The number of aliphatic hydroxyl groups excluding tert-OH is 1. The summed E-state index contributed by atoms with van der Waals surface area (Å²) in [4.78, 5) is 14.7. The van der Waals surface area contributed by atoms with Crippen molar-refractivity contribution < 1.29 is 9.90 Å². The van der Waals surface area contributed by atoms with Gasteiger partial charge in [-0.1, -0.05) is 82.1 Å². The molecule has 0 aromatic heterocycles. The fourth-order valence-corrected chi connectivity index (χ4v) is 4.09. The second-order valence-corrected chi connectivity index (χ2v) is 8.00. The highest BCUT2D eigenvalue weighted by Crippen LogP contribution is 2.44. The summed E-state index contributed by atoms with van der Waals surface area (Å²) in [6.45, 7) is 0.401. The van der Waals surface area contributed by atoms with Crippen molar-refractivity contribution in [2.45, 2.75) is 12.6 Å². The van der Waals surface area contributed by atoms with Crippen LogP contribution in [0.5, 0.6) is 0 Å². The molecule has 1 amide bonds. The molecule has 1 atom stereocenters. The van der Waals surface area contributed by atoms with Crippen molar-refractivity contribution in [2.24, 2.45) is 0 Å². The van der Waals surface area contributed by atoms with E-state index in [2.05, 4.69) is 15.9 Å². The standard InChI is InChI=1S/C23H17BrClNO2/c24-18-8-4-7-17(13-18)21-20(16-9-11-19(25)12-10-16)22(27)23(28)26(21)14-15-5-2-1-3-6-15/h1-13,21,27H,14H2/t21-/m1/s1. The van der Waals surface area contributed by atoms with Crippen LogP contribution in [0.4, 0.5) is 0 Å². The number of carbonyl (C=O) groups excluding carboxylic acids is 1. The van der Waals surface area contributed by atoms with Crippen LogP contribution in [0.1, 0.15) is 22.7 Å². The molecule has 1 N–H and O–H groups in total. The van der Waals surface area contributed by atoms with Crippen molar-refractivity contribution in [1.29, 1.82) is 0 Å². The molecule has 0 aliphatic carbocycles. The van der Waals surface area contributed by atoms with E-state index in [4.69, 9.17) is 11.6 Å². The highest BCUT2D eigenvalue weighted by Gasteiger charge is 2.41. The Morgan fingerprint density at radius 3 is 2.36 bits per heavy atom. The lowest BCUT2D eigenvalue weighted by Crippen LogP contribution is -2.29. The molecule has 0 saturated carbocycles. The lowest BCUT2D eigenvalue weighted by atomic mass is 9.93. The number of nitrogens with zero attached hydrogens (tertiary/aromatic N) is 1. The Hall–Kier alpha value is -2.56. The van der Waals surface area contributed by atoms with Crippen LogP contribution in [0.2, 0.25) is 5.02 Å². The maximum absolute atomic E-state index is 13.0. The van der Waals surface area contributed by atoms with Crippen molar-refractivity contribution in [1.82, 2.24) is 4.90 Å². The third kappa shape index (κ3) is 3.58. The Morgan fingerprint density at radius 2 is 1.68 bits per heavy atom. The van der Waals surface area contributed by atoms with Gasteiger partial charge in [-0.05, 0) is 41.0 Å². The normalized spacial score (nSPS) is 16.7. The van der Waals surface area contributed by atoms with Gasteiger partial charge in [-0.3, -0.25) is 4.79 Å². The fraction of sp³-hybridized carbons (Fsp3) is 0.0870. The van der Waals surface area contributed by atoms with Gasteiger partial charge in [0.15, 0.2) is 5.76 Å². The minimum Gasteiger partial charge on any atom is -0.503 e. The average Bonchev–Trinajstić information content (AvgIpc) is 2.94. The number of benzene rings is 3. The van der Waals surface area contributed by atoms with Crippen LogP contribution < -0.4 is 0 Å². The highest BCUT2D eigenvalue weighted by atomic mass is 79.9. The summed E-state index contributed by atoms with van der Waals surface area (Å²) in [5, 5.41) is 11.4. The Balaban J connectivity index is 1.83. The van der Waals surface area contributed by atoms with Crippen LogP contribution in [-0.2, 0) is 11.3 Å². The number of amides is 1. The Labute approximate surface area is 177 Å². The van der Waals surface area contributed by atoms with Crippen molar-refractivity contribution in [3.8, 4) is 0 Å². The van der Waals surface area contributed by atoms with Gasteiger partial charge in [-0.2, -0.15) is 0 Å². The van der Waals surface area contributed by atoms with E-state index in [0.717, 1.165) is 21.2 Å². The van der Waals surface area contributed by atoms with Crippen LogP contribution in [0.3, 0.4) is 0 Å². The van der Waals surface area contributed by atoms with E-state index in [1.54, 1.807) is 17.0 Å². The van der Waals surface area contributed by atoms with Crippen molar-refractivity contribution in [3.63, 3.8) is 0 Å². The van der Waals surface area contributed by atoms with E-state index in [0.29, 0.717) is 17.1 Å². The topological polar surface area (TPSA) is 40.5 Å². The Bertz CT molecular complexity index is 1050. The minimum atomic E-state index is -0.397. The molecule has 3 aromatic rings. The zero-order valence-electron chi connectivity index (χ0n) is 14.8. The van der Waals surface area contributed by atoms with Gasteiger partial charge in [-0.15, -0.1) is 0 Å². The lowest BCUT2D eigenvalue weighted by Gasteiger charge is -2.27. The first-order chi connectivity index (χ1) is 13.5. The van der Waals surface area contributed by atoms with Gasteiger partial charge in [0.2, 0.25) is 0 Å². The van der Waals surface area contributed by atoms with Crippen LogP contribution in [0.25, 0.3) is 5.57 Å². The zero-order chi connectivity index (χ0) is 19.7. The lowest BCUT2D eigenvalue weighted by molar-refractivity contribution is -0.130. The van der Waals surface area contributed by atoms with Crippen molar-refractivity contribution >= 4 is 39.0 Å². The molecule has 140 valence electrons. The molecule has 0 spiro atoms.